The minimum atomic E-state index is -3.93. The zero-order valence-corrected chi connectivity index (χ0v) is 7.73. The molecule has 0 aliphatic heterocycles. The van der Waals surface area contributed by atoms with E-state index in [4.69, 9.17) is 15.9 Å². The van der Waals surface area contributed by atoms with Crippen LogP contribution in [0.15, 0.2) is 23.1 Å². The first kappa shape index (κ1) is 9.96. The van der Waals surface area contributed by atoms with Crippen molar-refractivity contribution in [1.82, 2.24) is 0 Å². The van der Waals surface area contributed by atoms with E-state index in [0.717, 1.165) is 12.1 Å². The summed E-state index contributed by atoms with van der Waals surface area (Å²) < 4.78 is 34.2. The fourth-order valence-electron chi connectivity index (χ4n) is 0.738. The highest BCUT2D eigenvalue weighted by Crippen LogP contribution is 2.17. The van der Waals surface area contributed by atoms with Crippen molar-refractivity contribution in [3.05, 3.63) is 29.6 Å². The third-order valence-corrected chi connectivity index (χ3v) is 2.69. The Labute approximate surface area is 78.8 Å². The van der Waals surface area contributed by atoms with E-state index in [2.05, 4.69) is 0 Å². The van der Waals surface area contributed by atoms with E-state index in [0.29, 0.717) is 6.07 Å². The predicted octanol–water partition coefficient (Wildman–Crippen LogP) is 1.62. The highest BCUT2D eigenvalue weighted by molar-refractivity contribution is 8.13. The van der Waals surface area contributed by atoms with E-state index < -0.39 is 14.9 Å². The number of halogens is 2. The second kappa shape index (κ2) is 3.32. The van der Waals surface area contributed by atoms with E-state index in [1.807, 2.05) is 0 Å². The second-order valence-electron chi connectivity index (χ2n) is 2.19. The van der Waals surface area contributed by atoms with Crippen LogP contribution in [0.5, 0.6) is 0 Å². The smallest absolute Gasteiger partial charge is 0.207 e. The zero-order valence-electron chi connectivity index (χ0n) is 6.16. The number of hydrogen-bond acceptors (Lipinski definition) is 3. The molecule has 0 fully saturated rings. The summed E-state index contributed by atoms with van der Waals surface area (Å²) in [7, 11) is 1.02. The van der Waals surface area contributed by atoms with Crippen LogP contribution in [-0.4, -0.2) is 8.42 Å². The van der Waals surface area contributed by atoms with Crippen molar-refractivity contribution in [3.8, 4) is 6.07 Å². The fraction of sp³-hybridized carbons (Fsp3) is 0. The lowest BCUT2D eigenvalue weighted by atomic mass is 10.2. The Morgan fingerprint density at radius 2 is 2.08 bits per heavy atom. The maximum Gasteiger partial charge on any atom is 0.261 e. The van der Waals surface area contributed by atoms with E-state index in [-0.39, 0.29) is 10.5 Å². The number of nitriles is 1. The molecule has 3 nitrogen and oxygen atoms in total. The molecule has 0 spiro atoms. The van der Waals surface area contributed by atoms with Crippen LogP contribution in [-0.2, 0) is 9.05 Å². The molecular weight excluding hydrogens is 217 g/mol. The van der Waals surface area contributed by atoms with Crippen molar-refractivity contribution < 1.29 is 12.8 Å². The van der Waals surface area contributed by atoms with Gasteiger partial charge in [-0.2, -0.15) is 5.26 Å². The van der Waals surface area contributed by atoms with Crippen LogP contribution in [0.25, 0.3) is 0 Å². The SMILES string of the molecule is N#Cc1ccc(S(=O)(=O)Cl)cc1F. The Bertz CT molecular complexity index is 478. The van der Waals surface area contributed by atoms with Crippen LogP contribution in [0, 0.1) is 17.1 Å². The van der Waals surface area contributed by atoms with Gasteiger partial charge < -0.3 is 0 Å². The van der Waals surface area contributed by atoms with Gasteiger partial charge in [0, 0.05) is 10.7 Å². The van der Waals surface area contributed by atoms with Crippen LogP contribution in [0.3, 0.4) is 0 Å². The summed E-state index contributed by atoms with van der Waals surface area (Å²) in [6, 6.07) is 4.40. The zero-order chi connectivity index (χ0) is 10.1. The summed E-state index contributed by atoms with van der Waals surface area (Å²) >= 11 is 0. The lowest BCUT2D eigenvalue weighted by Crippen LogP contribution is -1.93. The van der Waals surface area contributed by atoms with E-state index in [9.17, 15) is 12.8 Å². The second-order valence-corrected chi connectivity index (χ2v) is 4.76. The van der Waals surface area contributed by atoms with Gasteiger partial charge in [-0.05, 0) is 18.2 Å². The molecule has 0 bridgehead atoms. The molecule has 6 heteroatoms. The lowest BCUT2D eigenvalue weighted by Gasteiger charge is -1.96. The highest BCUT2D eigenvalue weighted by atomic mass is 35.7. The Balaban J connectivity index is 3.36. The predicted molar refractivity (Wildman–Crippen MR) is 44.2 cm³/mol. The van der Waals surface area contributed by atoms with Crippen LogP contribution in [0.2, 0.25) is 0 Å². The third kappa shape index (κ3) is 2.17. The number of nitrogens with zero attached hydrogens (tertiary/aromatic N) is 1. The first-order valence-electron chi connectivity index (χ1n) is 3.09. The van der Waals surface area contributed by atoms with Crippen LogP contribution < -0.4 is 0 Å². The van der Waals surface area contributed by atoms with E-state index in [1.54, 1.807) is 6.07 Å². The normalized spacial score (nSPS) is 10.8. The molecular formula is C7H3ClFNO2S. The van der Waals surface area contributed by atoms with Gasteiger partial charge in [-0.25, -0.2) is 12.8 Å². The molecule has 13 heavy (non-hydrogen) atoms. The van der Waals surface area contributed by atoms with Crippen molar-refractivity contribution >= 4 is 19.7 Å². The summed E-state index contributed by atoms with van der Waals surface area (Å²) in [5.41, 5.74) is -0.218. The number of rotatable bonds is 1. The van der Waals surface area contributed by atoms with Crippen molar-refractivity contribution in [3.63, 3.8) is 0 Å². The topological polar surface area (TPSA) is 57.9 Å². The van der Waals surface area contributed by atoms with Crippen molar-refractivity contribution in [2.75, 3.05) is 0 Å². The molecule has 0 heterocycles. The summed E-state index contributed by atoms with van der Waals surface area (Å²) in [6.45, 7) is 0. The van der Waals surface area contributed by atoms with Gasteiger partial charge in [-0.15, -0.1) is 0 Å². The summed E-state index contributed by atoms with van der Waals surface area (Å²) in [6.07, 6.45) is 0. The average molecular weight is 220 g/mol. The maximum atomic E-state index is 12.8. The van der Waals surface area contributed by atoms with Crippen molar-refractivity contribution in [1.29, 1.82) is 5.26 Å². The minimum absolute atomic E-state index is 0.218. The lowest BCUT2D eigenvalue weighted by molar-refractivity contribution is 0.601. The van der Waals surface area contributed by atoms with Crippen LogP contribution in [0.1, 0.15) is 5.56 Å². The van der Waals surface area contributed by atoms with Crippen molar-refractivity contribution in [2.24, 2.45) is 0 Å². The Hall–Kier alpha value is -1.12. The molecule has 68 valence electrons. The molecule has 1 aromatic carbocycles. The molecule has 0 saturated heterocycles. The molecule has 0 aliphatic carbocycles. The molecule has 0 N–H and O–H groups in total. The van der Waals surface area contributed by atoms with Gasteiger partial charge in [0.1, 0.15) is 11.9 Å². The van der Waals surface area contributed by atoms with Gasteiger partial charge in [0.2, 0.25) is 0 Å². The summed E-state index contributed by atoms with van der Waals surface area (Å²) in [5, 5.41) is 8.34. The van der Waals surface area contributed by atoms with Gasteiger partial charge in [-0.3, -0.25) is 0 Å². The summed E-state index contributed by atoms with van der Waals surface area (Å²) in [5.74, 6) is -0.899. The molecule has 1 aromatic rings. The quantitative estimate of drug-likeness (QED) is 0.675. The van der Waals surface area contributed by atoms with E-state index >= 15 is 0 Å². The third-order valence-electron chi connectivity index (χ3n) is 1.34. The standard InChI is InChI=1S/C7H3ClFNO2S/c8-13(11,12)6-2-1-5(4-10)7(9)3-6/h1-3H. The molecule has 0 unspecified atom stereocenters. The van der Waals surface area contributed by atoms with Gasteiger partial charge in [0.25, 0.3) is 9.05 Å². The first-order valence-corrected chi connectivity index (χ1v) is 5.40. The first-order chi connectivity index (χ1) is 5.95. The van der Waals surface area contributed by atoms with Gasteiger partial charge in [-0.1, -0.05) is 0 Å². The van der Waals surface area contributed by atoms with Crippen LogP contribution in [0.4, 0.5) is 4.39 Å². The maximum absolute atomic E-state index is 12.8. The fourth-order valence-corrected chi connectivity index (χ4v) is 1.50. The molecule has 0 aliphatic rings. The van der Waals surface area contributed by atoms with Crippen molar-refractivity contribution in [2.45, 2.75) is 4.90 Å². The monoisotopic (exact) mass is 219 g/mol. The molecule has 1 rings (SSSR count). The molecule has 0 saturated carbocycles. The Morgan fingerprint density at radius 3 is 2.46 bits per heavy atom. The Morgan fingerprint density at radius 1 is 1.46 bits per heavy atom. The molecule has 0 atom stereocenters. The largest absolute Gasteiger partial charge is 0.261 e. The number of hydrogen-bond donors (Lipinski definition) is 0. The molecule has 0 radical (unpaired) electrons. The molecule has 0 aromatic heterocycles. The van der Waals surface area contributed by atoms with E-state index in [1.165, 1.54) is 0 Å². The Kier molecular flexibility index (Phi) is 2.55. The average Bonchev–Trinajstić information content (AvgIpc) is 2.02. The van der Waals surface area contributed by atoms with Gasteiger partial charge in [0.15, 0.2) is 0 Å². The highest BCUT2D eigenvalue weighted by Gasteiger charge is 2.12. The van der Waals surface area contributed by atoms with Gasteiger partial charge >= 0.3 is 0 Å². The van der Waals surface area contributed by atoms with Crippen LogP contribution >= 0.6 is 10.7 Å². The summed E-state index contributed by atoms with van der Waals surface area (Å²) in [4.78, 5) is -0.356. The van der Waals surface area contributed by atoms with Gasteiger partial charge in [0.05, 0.1) is 10.5 Å². The molecule has 0 amide bonds. The number of benzene rings is 1. The minimum Gasteiger partial charge on any atom is -0.207 e.